The van der Waals surface area contributed by atoms with Crippen molar-refractivity contribution in [1.29, 1.82) is 0 Å². The zero-order valence-electron chi connectivity index (χ0n) is 17.2. The molecular formula is C23H24F3N3O2. The Balaban J connectivity index is 1.57. The maximum atomic E-state index is 13.0. The minimum atomic E-state index is -4.41. The van der Waals surface area contributed by atoms with Crippen LogP contribution in [0.5, 0.6) is 0 Å². The molecule has 0 spiro atoms. The van der Waals surface area contributed by atoms with Crippen LogP contribution >= 0.6 is 0 Å². The van der Waals surface area contributed by atoms with Crippen molar-refractivity contribution in [2.45, 2.75) is 6.18 Å². The summed E-state index contributed by atoms with van der Waals surface area (Å²) < 4.78 is 44.2. The number of carbonyl (C=O) groups excluding carboxylic acids is 1. The lowest BCUT2D eigenvalue weighted by atomic mass is 10.1. The van der Waals surface area contributed by atoms with Crippen molar-refractivity contribution < 1.29 is 22.7 Å². The lowest BCUT2D eigenvalue weighted by molar-refractivity contribution is -0.137. The van der Waals surface area contributed by atoms with Gasteiger partial charge in [-0.3, -0.25) is 4.79 Å². The number of piperazine rings is 1. The molecule has 0 aliphatic carbocycles. The molecule has 4 rings (SSSR count). The number of ether oxygens (including phenoxy) is 1. The van der Waals surface area contributed by atoms with Gasteiger partial charge in [0.05, 0.1) is 12.1 Å². The molecule has 164 valence electrons. The standard InChI is InChI=1S/C23H24F3N3O2/c1-27-10-12-28(13-11-27)20-5-3-2-4-17(20)16-21-22(30)29(14-15-31-21)19-8-6-18(7-9-19)23(24,25)26/h2-9,16H,10-15H2,1H3. The molecule has 8 heteroatoms. The zero-order valence-corrected chi connectivity index (χ0v) is 17.2. The number of benzene rings is 2. The SMILES string of the molecule is CN1CCN(c2ccccc2C=C2OCCN(c3ccc(C(F)(F)F)cc3)C2=O)CC1. The van der Waals surface area contributed by atoms with Gasteiger partial charge >= 0.3 is 6.18 Å². The van der Waals surface area contributed by atoms with Gasteiger partial charge in [0.1, 0.15) is 6.61 Å². The summed E-state index contributed by atoms with van der Waals surface area (Å²) in [5, 5.41) is 0. The van der Waals surface area contributed by atoms with E-state index in [-0.39, 0.29) is 24.8 Å². The number of carbonyl (C=O) groups is 1. The highest BCUT2D eigenvalue weighted by Gasteiger charge is 2.31. The van der Waals surface area contributed by atoms with Crippen molar-refractivity contribution in [3.05, 3.63) is 65.4 Å². The molecule has 0 radical (unpaired) electrons. The molecule has 1 amide bonds. The minimum absolute atomic E-state index is 0.188. The fourth-order valence-corrected chi connectivity index (χ4v) is 3.81. The fourth-order valence-electron chi connectivity index (χ4n) is 3.81. The zero-order chi connectivity index (χ0) is 22.0. The molecule has 2 saturated heterocycles. The number of para-hydroxylation sites is 1. The predicted octanol–water partition coefficient (Wildman–Crippen LogP) is 3.86. The maximum absolute atomic E-state index is 13.0. The number of nitrogens with zero attached hydrogens (tertiary/aromatic N) is 3. The summed E-state index contributed by atoms with van der Waals surface area (Å²) in [5.74, 6) is -0.174. The van der Waals surface area contributed by atoms with E-state index in [4.69, 9.17) is 4.74 Å². The van der Waals surface area contributed by atoms with Crippen molar-refractivity contribution in [2.75, 3.05) is 56.2 Å². The largest absolute Gasteiger partial charge is 0.486 e. The number of rotatable bonds is 3. The maximum Gasteiger partial charge on any atom is 0.416 e. The highest BCUT2D eigenvalue weighted by atomic mass is 19.4. The molecule has 0 unspecified atom stereocenters. The van der Waals surface area contributed by atoms with Gasteiger partial charge in [-0.2, -0.15) is 13.2 Å². The second-order valence-corrected chi connectivity index (χ2v) is 7.71. The fraction of sp³-hybridized carbons (Fsp3) is 0.348. The Kier molecular flexibility index (Phi) is 5.91. The van der Waals surface area contributed by atoms with Gasteiger partial charge < -0.3 is 19.4 Å². The molecule has 2 aromatic carbocycles. The van der Waals surface area contributed by atoms with Crippen LogP contribution in [0.15, 0.2) is 54.3 Å². The number of hydrogen-bond donors (Lipinski definition) is 0. The lowest BCUT2D eigenvalue weighted by Crippen LogP contribution is -2.44. The summed E-state index contributed by atoms with van der Waals surface area (Å²) in [6.07, 6.45) is -2.68. The molecule has 2 fully saturated rings. The number of likely N-dealkylation sites (N-methyl/N-ethyl adjacent to an activating group) is 1. The Morgan fingerprint density at radius 3 is 2.29 bits per heavy atom. The summed E-state index contributed by atoms with van der Waals surface area (Å²) in [4.78, 5) is 19.0. The smallest absolute Gasteiger partial charge is 0.416 e. The van der Waals surface area contributed by atoms with Crippen LogP contribution in [0.2, 0.25) is 0 Å². The van der Waals surface area contributed by atoms with E-state index in [1.54, 1.807) is 6.08 Å². The first kappa shape index (κ1) is 21.2. The molecule has 2 heterocycles. The van der Waals surface area contributed by atoms with Crippen molar-refractivity contribution in [3.63, 3.8) is 0 Å². The second kappa shape index (κ2) is 8.63. The van der Waals surface area contributed by atoms with Gasteiger partial charge in [-0.1, -0.05) is 18.2 Å². The number of hydrogen-bond acceptors (Lipinski definition) is 4. The summed E-state index contributed by atoms with van der Waals surface area (Å²) >= 11 is 0. The molecule has 2 aliphatic heterocycles. The Labute approximate surface area is 179 Å². The third-order valence-electron chi connectivity index (χ3n) is 5.60. The number of amides is 1. The predicted molar refractivity (Wildman–Crippen MR) is 114 cm³/mol. The van der Waals surface area contributed by atoms with Crippen molar-refractivity contribution in [3.8, 4) is 0 Å². The van der Waals surface area contributed by atoms with Crippen LogP contribution in [0.25, 0.3) is 6.08 Å². The number of halogens is 3. The number of morpholine rings is 1. The molecule has 31 heavy (non-hydrogen) atoms. The van der Waals surface area contributed by atoms with E-state index in [1.807, 2.05) is 24.3 Å². The van der Waals surface area contributed by atoms with E-state index in [1.165, 1.54) is 17.0 Å². The average molecular weight is 431 g/mol. The van der Waals surface area contributed by atoms with Gasteiger partial charge in [0.15, 0.2) is 5.76 Å². The summed E-state index contributed by atoms with van der Waals surface area (Å²) in [5.41, 5.74) is 1.59. The van der Waals surface area contributed by atoms with E-state index in [2.05, 4.69) is 16.8 Å². The highest BCUT2D eigenvalue weighted by molar-refractivity contribution is 6.07. The molecular weight excluding hydrogens is 407 g/mol. The summed E-state index contributed by atoms with van der Waals surface area (Å²) in [6, 6.07) is 12.5. The molecule has 0 bridgehead atoms. The first-order chi connectivity index (χ1) is 14.8. The minimum Gasteiger partial charge on any atom is -0.486 e. The van der Waals surface area contributed by atoms with Crippen LogP contribution in [-0.2, 0) is 15.7 Å². The Morgan fingerprint density at radius 2 is 1.61 bits per heavy atom. The Bertz CT molecular complexity index is 965. The van der Waals surface area contributed by atoms with Gasteiger partial charge in [-0.05, 0) is 43.5 Å². The molecule has 0 saturated carbocycles. The van der Waals surface area contributed by atoms with Crippen LogP contribution < -0.4 is 9.80 Å². The molecule has 0 aromatic heterocycles. The van der Waals surface area contributed by atoms with E-state index < -0.39 is 11.7 Å². The van der Waals surface area contributed by atoms with E-state index in [0.717, 1.165) is 49.6 Å². The van der Waals surface area contributed by atoms with Gasteiger partial charge in [-0.25, -0.2) is 0 Å². The normalized spacial score (nSPS) is 19.6. The lowest BCUT2D eigenvalue weighted by Gasteiger charge is -2.35. The number of alkyl halides is 3. The van der Waals surface area contributed by atoms with Crippen molar-refractivity contribution >= 4 is 23.4 Å². The van der Waals surface area contributed by atoms with Crippen LogP contribution in [0.1, 0.15) is 11.1 Å². The van der Waals surface area contributed by atoms with Crippen molar-refractivity contribution in [2.24, 2.45) is 0 Å². The summed E-state index contributed by atoms with van der Waals surface area (Å²) in [6.45, 7) is 4.26. The van der Waals surface area contributed by atoms with Gasteiger partial charge in [-0.15, -0.1) is 0 Å². The van der Waals surface area contributed by atoms with Crippen LogP contribution in [0, 0.1) is 0 Å². The van der Waals surface area contributed by atoms with Crippen LogP contribution in [0.4, 0.5) is 24.5 Å². The quantitative estimate of drug-likeness (QED) is 0.692. The third-order valence-corrected chi connectivity index (χ3v) is 5.60. The second-order valence-electron chi connectivity index (χ2n) is 7.71. The topological polar surface area (TPSA) is 36.0 Å². The molecule has 0 atom stereocenters. The first-order valence-electron chi connectivity index (χ1n) is 10.2. The first-order valence-corrected chi connectivity index (χ1v) is 10.2. The van der Waals surface area contributed by atoms with Gasteiger partial charge in [0, 0.05) is 43.1 Å². The van der Waals surface area contributed by atoms with E-state index in [9.17, 15) is 18.0 Å². The summed E-state index contributed by atoms with van der Waals surface area (Å²) in [7, 11) is 2.09. The molecule has 2 aromatic rings. The molecule has 0 N–H and O–H groups in total. The van der Waals surface area contributed by atoms with Crippen LogP contribution in [-0.4, -0.2) is 57.2 Å². The Hall–Kier alpha value is -3.00. The Morgan fingerprint density at radius 1 is 0.935 bits per heavy atom. The van der Waals surface area contributed by atoms with Gasteiger partial charge in [0.25, 0.3) is 5.91 Å². The highest BCUT2D eigenvalue weighted by Crippen LogP contribution is 2.32. The molecule has 5 nitrogen and oxygen atoms in total. The molecule has 2 aliphatic rings. The van der Waals surface area contributed by atoms with Crippen molar-refractivity contribution in [1.82, 2.24) is 4.90 Å². The average Bonchev–Trinajstić information content (AvgIpc) is 2.76. The monoisotopic (exact) mass is 431 g/mol. The van der Waals surface area contributed by atoms with E-state index in [0.29, 0.717) is 5.69 Å². The third kappa shape index (κ3) is 4.69. The van der Waals surface area contributed by atoms with E-state index >= 15 is 0 Å². The van der Waals surface area contributed by atoms with Gasteiger partial charge in [0.2, 0.25) is 0 Å². The number of anilines is 2. The van der Waals surface area contributed by atoms with Crippen LogP contribution in [0.3, 0.4) is 0 Å².